The molecular formula is C13H16ClIN2. The number of nitrogens with one attached hydrogen (secondary N) is 1. The van der Waals surface area contributed by atoms with E-state index >= 15 is 0 Å². The van der Waals surface area contributed by atoms with Crippen molar-refractivity contribution in [2.75, 3.05) is 0 Å². The molecule has 0 fully saturated rings. The van der Waals surface area contributed by atoms with Crippen molar-refractivity contribution in [3.05, 3.63) is 44.0 Å². The van der Waals surface area contributed by atoms with Crippen LogP contribution in [0.1, 0.15) is 37.3 Å². The van der Waals surface area contributed by atoms with Crippen LogP contribution in [0.25, 0.3) is 0 Å². The predicted octanol–water partition coefficient (Wildman–Crippen LogP) is 3.95. The molecule has 0 radical (unpaired) electrons. The molecule has 0 amide bonds. The van der Waals surface area contributed by atoms with Crippen LogP contribution in [-0.4, -0.2) is 0 Å². The van der Waals surface area contributed by atoms with Crippen molar-refractivity contribution in [3.63, 3.8) is 0 Å². The third kappa shape index (κ3) is 3.22. The molecule has 1 atom stereocenters. The average Bonchev–Trinajstić information content (AvgIpc) is 2.36. The summed E-state index contributed by atoms with van der Waals surface area (Å²) in [4.78, 5) is 0. The molecule has 0 saturated heterocycles. The second-order valence-corrected chi connectivity index (χ2v) is 5.89. The number of halogens is 2. The summed E-state index contributed by atoms with van der Waals surface area (Å²) >= 11 is 8.40. The fourth-order valence-electron chi connectivity index (χ4n) is 2.26. The van der Waals surface area contributed by atoms with E-state index in [4.69, 9.17) is 17.4 Å². The van der Waals surface area contributed by atoms with Crippen LogP contribution in [-0.2, 0) is 0 Å². The molecule has 1 aromatic carbocycles. The Labute approximate surface area is 121 Å². The fraction of sp³-hybridized carbons (Fsp3) is 0.385. The van der Waals surface area contributed by atoms with Crippen LogP contribution in [0.15, 0.2) is 29.8 Å². The first kappa shape index (κ1) is 13.3. The summed E-state index contributed by atoms with van der Waals surface area (Å²) in [5.74, 6) is 5.72. The van der Waals surface area contributed by atoms with E-state index in [9.17, 15) is 0 Å². The zero-order chi connectivity index (χ0) is 12.3. The van der Waals surface area contributed by atoms with Gasteiger partial charge in [-0.25, -0.2) is 5.43 Å². The third-order valence-corrected chi connectivity index (χ3v) is 4.35. The fourth-order valence-corrected chi connectivity index (χ4v) is 3.08. The van der Waals surface area contributed by atoms with Crippen LogP contribution in [0.4, 0.5) is 0 Å². The van der Waals surface area contributed by atoms with Gasteiger partial charge < -0.3 is 0 Å². The van der Waals surface area contributed by atoms with E-state index in [1.807, 2.05) is 18.2 Å². The smallest absolute Gasteiger partial charge is 0.0680 e. The van der Waals surface area contributed by atoms with E-state index < -0.39 is 0 Å². The number of rotatable bonds is 3. The van der Waals surface area contributed by atoms with E-state index in [-0.39, 0.29) is 6.04 Å². The molecule has 92 valence electrons. The topological polar surface area (TPSA) is 38.0 Å². The number of benzene rings is 1. The van der Waals surface area contributed by atoms with E-state index in [0.717, 1.165) is 17.9 Å². The van der Waals surface area contributed by atoms with Gasteiger partial charge >= 0.3 is 0 Å². The Hall–Kier alpha value is -0.100. The number of hydrogen-bond acceptors (Lipinski definition) is 2. The van der Waals surface area contributed by atoms with Gasteiger partial charge in [0.2, 0.25) is 0 Å². The molecule has 17 heavy (non-hydrogen) atoms. The standard InChI is InChI=1S/C13H16ClIN2/c14-10-6-7-12(15)11(8-10)13(17-16)9-4-2-1-3-5-9/h4,6-8,13,17H,1-3,5,16H2. The van der Waals surface area contributed by atoms with E-state index in [1.165, 1.54) is 27.5 Å². The van der Waals surface area contributed by atoms with Crippen LogP contribution in [0.2, 0.25) is 5.02 Å². The lowest BCUT2D eigenvalue weighted by Gasteiger charge is -2.24. The molecule has 0 heterocycles. The molecule has 1 aliphatic rings. The zero-order valence-electron chi connectivity index (χ0n) is 9.55. The van der Waals surface area contributed by atoms with Gasteiger partial charge in [-0.05, 0) is 72.0 Å². The summed E-state index contributed by atoms with van der Waals surface area (Å²) in [6.45, 7) is 0. The Morgan fingerprint density at radius 1 is 1.35 bits per heavy atom. The molecule has 0 aromatic heterocycles. The van der Waals surface area contributed by atoms with Crippen molar-refractivity contribution in [3.8, 4) is 0 Å². The Balaban J connectivity index is 2.34. The van der Waals surface area contributed by atoms with Crippen molar-refractivity contribution in [1.82, 2.24) is 5.43 Å². The van der Waals surface area contributed by atoms with Gasteiger partial charge in [0, 0.05) is 8.59 Å². The number of hydrogen-bond donors (Lipinski definition) is 2. The van der Waals surface area contributed by atoms with Gasteiger partial charge in [-0.1, -0.05) is 23.3 Å². The van der Waals surface area contributed by atoms with Gasteiger partial charge in [-0.3, -0.25) is 5.84 Å². The Morgan fingerprint density at radius 3 is 2.82 bits per heavy atom. The highest BCUT2D eigenvalue weighted by atomic mass is 127. The van der Waals surface area contributed by atoms with Crippen LogP contribution in [0.3, 0.4) is 0 Å². The molecule has 0 aliphatic heterocycles. The van der Waals surface area contributed by atoms with E-state index in [1.54, 1.807) is 0 Å². The molecule has 1 unspecified atom stereocenters. The summed E-state index contributed by atoms with van der Waals surface area (Å²) in [6.07, 6.45) is 7.13. The van der Waals surface area contributed by atoms with Crippen LogP contribution < -0.4 is 11.3 Å². The lowest BCUT2D eigenvalue weighted by Crippen LogP contribution is -2.30. The summed E-state index contributed by atoms with van der Waals surface area (Å²) in [5, 5.41) is 0.761. The van der Waals surface area contributed by atoms with Gasteiger partial charge in [0.1, 0.15) is 0 Å². The first-order valence-electron chi connectivity index (χ1n) is 5.82. The van der Waals surface area contributed by atoms with Gasteiger partial charge in [0.25, 0.3) is 0 Å². The Bertz CT molecular complexity index is 431. The molecule has 4 heteroatoms. The van der Waals surface area contributed by atoms with Gasteiger partial charge in [0.05, 0.1) is 6.04 Å². The van der Waals surface area contributed by atoms with Crippen molar-refractivity contribution in [1.29, 1.82) is 0 Å². The Morgan fingerprint density at radius 2 is 2.18 bits per heavy atom. The molecule has 0 saturated carbocycles. The van der Waals surface area contributed by atoms with Crippen LogP contribution >= 0.6 is 34.2 Å². The minimum Gasteiger partial charge on any atom is -0.271 e. The number of allylic oxidation sites excluding steroid dienone is 1. The quantitative estimate of drug-likeness (QED) is 0.370. The highest BCUT2D eigenvalue weighted by molar-refractivity contribution is 14.1. The van der Waals surface area contributed by atoms with Gasteiger partial charge in [-0.2, -0.15) is 0 Å². The normalized spacial score (nSPS) is 17.7. The maximum atomic E-state index is 6.07. The molecule has 3 N–H and O–H groups in total. The van der Waals surface area contributed by atoms with Gasteiger partial charge in [0.15, 0.2) is 0 Å². The SMILES string of the molecule is NNC(C1=CCCCC1)c1cc(Cl)ccc1I. The lowest BCUT2D eigenvalue weighted by atomic mass is 9.90. The predicted molar refractivity (Wildman–Crippen MR) is 80.8 cm³/mol. The summed E-state index contributed by atoms with van der Waals surface area (Å²) in [5.41, 5.74) is 5.49. The number of hydrazine groups is 1. The average molecular weight is 363 g/mol. The first-order valence-corrected chi connectivity index (χ1v) is 7.28. The maximum absolute atomic E-state index is 6.07. The maximum Gasteiger partial charge on any atom is 0.0680 e. The monoisotopic (exact) mass is 362 g/mol. The van der Waals surface area contributed by atoms with Gasteiger partial charge in [-0.15, -0.1) is 0 Å². The molecule has 1 aromatic rings. The third-order valence-electron chi connectivity index (χ3n) is 3.13. The molecule has 0 spiro atoms. The molecule has 2 nitrogen and oxygen atoms in total. The molecular weight excluding hydrogens is 347 g/mol. The minimum absolute atomic E-state index is 0.0981. The van der Waals surface area contributed by atoms with Crippen molar-refractivity contribution >= 4 is 34.2 Å². The molecule has 2 rings (SSSR count). The van der Waals surface area contributed by atoms with E-state index in [0.29, 0.717) is 0 Å². The van der Waals surface area contributed by atoms with E-state index in [2.05, 4.69) is 34.1 Å². The van der Waals surface area contributed by atoms with Crippen LogP contribution in [0.5, 0.6) is 0 Å². The van der Waals surface area contributed by atoms with Crippen molar-refractivity contribution in [2.24, 2.45) is 5.84 Å². The molecule has 1 aliphatic carbocycles. The highest BCUT2D eigenvalue weighted by Gasteiger charge is 2.19. The second-order valence-electron chi connectivity index (χ2n) is 4.29. The van der Waals surface area contributed by atoms with Crippen molar-refractivity contribution < 1.29 is 0 Å². The zero-order valence-corrected chi connectivity index (χ0v) is 12.5. The molecule has 0 bridgehead atoms. The highest BCUT2D eigenvalue weighted by Crippen LogP contribution is 2.32. The summed E-state index contributed by atoms with van der Waals surface area (Å²) in [6, 6.07) is 6.05. The first-order chi connectivity index (χ1) is 8.22. The summed E-state index contributed by atoms with van der Waals surface area (Å²) in [7, 11) is 0. The lowest BCUT2D eigenvalue weighted by molar-refractivity contribution is 0.564. The van der Waals surface area contributed by atoms with Crippen LogP contribution in [0, 0.1) is 3.57 Å². The largest absolute Gasteiger partial charge is 0.271 e. The number of nitrogens with two attached hydrogens (primary N) is 1. The Kier molecular flexibility index (Phi) is 4.85. The summed E-state index contributed by atoms with van der Waals surface area (Å²) < 4.78 is 1.20. The van der Waals surface area contributed by atoms with Crippen molar-refractivity contribution in [2.45, 2.75) is 31.7 Å². The second kappa shape index (κ2) is 6.18. The minimum atomic E-state index is 0.0981.